The number of hydrogen-bond acceptors (Lipinski definition) is 4. The highest BCUT2D eigenvalue weighted by Crippen LogP contribution is 2.68. The van der Waals surface area contributed by atoms with Crippen molar-refractivity contribution in [3.8, 4) is 0 Å². The molecule has 1 unspecified atom stereocenters. The Morgan fingerprint density at radius 3 is 2.54 bits per heavy atom. The molecule has 0 aromatic heterocycles. The Hall–Kier alpha value is -1.58. The average Bonchev–Trinajstić information content (AvgIpc) is 2.85. The van der Waals surface area contributed by atoms with Crippen molar-refractivity contribution in [1.82, 2.24) is 0 Å². The van der Waals surface area contributed by atoms with Crippen LogP contribution >= 0.6 is 0 Å². The van der Waals surface area contributed by atoms with E-state index in [9.17, 15) is 19.8 Å². The number of rotatable bonds is 1. The van der Waals surface area contributed by atoms with Crippen LogP contribution in [-0.4, -0.2) is 21.8 Å². The molecule has 0 bridgehead atoms. The van der Waals surface area contributed by atoms with Gasteiger partial charge in [0.25, 0.3) is 0 Å². The number of aliphatic hydroxyl groups excluding tert-OH is 2. The Labute approximate surface area is 155 Å². The molecular weight excluding hydrogens is 328 g/mol. The summed E-state index contributed by atoms with van der Waals surface area (Å²) in [6, 6.07) is 0. The SMILES string of the molecule is CC(=O)[C@H]1C(C)C[C@H]2[C@@H]3CCC4=CC(=O)C(O)=C(O)[C@]4(C)[C@H]3CC[C@]12C. The van der Waals surface area contributed by atoms with Gasteiger partial charge in [0.15, 0.2) is 0 Å². The lowest BCUT2D eigenvalue weighted by molar-refractivity contribution is -0.129. The van der Waals surface area contributed by atoms with E-state index in [1.807, 2.05) is 6.92 Å². The summed E-state index contributed by atoms with van der Waals surface area (Å²) in [7, 11) is 0. The van der Waals surface area contributed by atoms with Crippen LogP contribution in [0.15, 0.2) is 23.2 Å². The second-order valence-electron chi connectivity index (χ2n) is 9.69. The van der Waals surface area contributed by atoms with Crippen LogP contribution in [0.2, 0.25) is 0 Å². The van der Waals surface area contributed by atoms with Gasteiger partial charge in [-0.05, 0) is 81.1 Å². The summed E-state index contributed by atoms with van der Waals surface area (Å²) in [5.74, 6) is 0.863. The van der Waals surface area contributed by atoms with E-state index in [0.29, 0.717) is 23.5 Å². The van der Waals surface area contributed by atoms with Crippen molar-refractivity contribution in [1.29, 1.82) is 0 Å². The van der Waals surface area contributed by atoms with E-state index in [4.69, 9.17) is 0 Å². The lowest BCUT2D eigenvalue weighted by Crippen LogP contribution is -2.52. The second kappa shape index (κ2) is 5.46. The minimum atomic E-state index is -0.639. The predicted octanol–water partition coefficient (Wildman–Crippen LogP) is 4.52. The van der Waals surface area contributed by atoms with Crippen LogP contribution in [-0.2, 0) is 9.59 Å². The third-order valence-corrected chi connectivity index (χ3v) is 8.63. The zero-order valence-electron chi connectivity index (χ0n) is 16.2. The van der Waals surface area contributed by atoms with Gasteiger partial charge in [-0.2, -0.15) is 0 Å². The van der Waals surface area contributed by atoms with Crippen LogP contribution in [0.25, 0.3) is 0 Å². The first-order valence-electron chi connectivity index (χ1n) is 10.0. The van der Waals surface area contributed by atoms with E-state index in [1.54, 1.807) is 13.0 Å². The van der Waals surface area contributed by atoms with Gasteiger partial charge in [0.2, 0.25) is 11.5 Å². The summed E-state index contributed by atoms with van der Waals surface area (Å²) in [5, 5.41) is 20.9. The Balaban J connectivity index is 1.75. The fourth-order valence-electron chi connectivity index (χ4n) is 7.60. The van der Waals surface area contributed by atoms with Crippen molar-refractivity contribution in [2.45, 2.75) is 59.8 Å². The molecule has 0 saturated heterocycles. The summed E-state index contributed by atoms with van der Waals surface area (Å²) >= 11 is 0. The van der Waals surface area contributed by atoms with Crippen LogP contribution in [0.1, 0.15) is 59.8 Å². The molecule has 4 aliphatic rings. The standard InChI is InChI=1S/C22H30O4/c1-11-9-16-14-6-5-13-10-17(24)19(25)20(26)22(13,4)15(14)7-8-21(16,3)18(11)12(2)23/h10-11,14-16,18,25-26H,5-9H2,1-4H3/t11?,14-,15+,16+,18-,21+,22+/m1/s1. The molecule has 3 saturated carbocycles. The van der Waals surface area contributed by atoms with Gasteiger partial charge in [-0.3, -0.25) is 9.59 Å². The summed E-state index contributed by atoms with van der Waals surface area (Å²) in [6.07, 6.45) is 6.30. The van der Waals surface area contributed by atoms with Gasteiger partial charge in [0.05, 0.1) is 5.41 Å². The minimum absolute atomic E-state index is 0.0376. The summed E-state index contributed by atoms with van der Waals surface area (Å²) < 4.78 is 0. The topological polar surface area (TPSA) is 74.6 Å². The Morgan fingerprint density at radius 2 is 1.88 bits per heavy atom. The number of Topliss-reactive ketones (excluding diaryl/α,β-unsaturated/α-hetero) is 1. The molecular formula is C22H30O4. The first-order chi connectivity index (χ1) is 12.1. The van der Waals surface area contributed by atoms with E-state index in [-0.39, 0.29) is 23.0 Å². The number of carbonyl (C=O) groups is 2. The van der Waals surface area contributed by atoms with Crippen molar-refractivity contribution >= 4 is 11.6 Å². The number of hydrogen-bond donors (Lipinski definition) is 2. The molecule has 0 spiro atoms. The molecule has 7 atom stereocenters. The number of allylic oxidation sites excluding steroid dienone is 2. The smallest absolute Gasteiger partial charge is 0.223 e. The molecule has 2 N–H and O–H groups in total. The van der Waals surface area contributed by atoms with Gasteiger partial charge in [-0.1, -0.05) is 19.4 Å². The van der Waals surface area contributed by atoms with Crippen molar-refractivity contribution < 1.29 is 19.8 Å². The third-order valence-electron chi connectivity index (χ3n) is 8.63. The molecule has 4 nitrogen and oxygen atoms in total. The minimum Gasteiger partial charge on any atom is -0.507 e. The van der Waals surface area contributed by atoms with E-state index in [1.165, 1.54) is 0 Å². The van der Waals surface area contributed by atoms with Crippen LogP contribution in [0.3, 0.4) is 0 Å². The summed E-state index contributed by atoms with van der Waals surface area (Å²) in [5.41, 5.74) is 0.368. The monoisotopic (exact) mass is 358 g/mol. The molecule has 0 aliphatic heterocycles. The van der Waals surface area contributed by atoms with Crippen LogP contribution in [0, 0.1) is 40.4 Å². The average molecular weight is 358 g/mol. The van der Waals surface area contributed by atoms with Gasteiger partial charge in [0.1, 0.15) is 11.5 Å². The van der Waals surface area contributed by atoms with E-state index < -0.39 is 17.0 Å². The second-order valence-corrected chi connectivity index (χ2v) is 9.69. The molecule has 4 rings (SSSR count). The van der Waals surface area contributed by atoms with Crippen LogP contribution < -0.4 is 0 Å². The first kappa shape index (κ1) is 17.8. The summed E-state index contributed by atoms with van der Waals surface area (Å²) in [4.78, 5) is 24.3. The molecule has 4 aliphatic carbocycles. The first-order valence-corrected chi connectivity index (χ1v) is 10.0. The number of fused-ring (bicyclic) bond motifs is 5. The van der Waals surface area contributed by atoms with Gasteiger partial charge in [-0.15, -0.1) is 0 Å². The van der Waals surface area contributed by atoms with Gasteiger partial charge in [0, 0.05) is 5.92 Å². The van der Waals surface area contributed by atoms with Crippen molar-refractivity contribution in [3.05, 3.63) is 23.2 Å². The fraction of sp³-hybridized carbons (Fsp3) is 0.727. The van der Waals surface area contributed by atoms with E-state index in [0.717, 1.165) is 37.7 Å². The van der Waals surface area contributed by atoms with Gasteiger partial charge < -0.3 is 10.2 Å². The maximum Gasteiger partial charge on any atom is 0.223 e. The van der Waals surface area contributed by atoms with E-state index in [2.05, 4.69) is 13.8 Å². The highest BCUT2D eigenvalue weighted by molar-refractivity contribution is 6.04. The van der Waals surface area contributed by atoms with Gasteiger partial charge in [-0.25, -0.2) is 0 Å². The largest absolute Gasteiger partial charge is 0.507 e. The molecule has 0 amide bonds. The van der Waals surface area contributed by atoms with Crippen molar-refractivity contribution in [2.75, 3.05) is 0 Å². The van der Waals surface area contributed by atoms with Crippen LogP contribution in [0.5, 0.6) is 0 Å². The number of ketones is 2. The Kier molecular flexibility index (Phi) is 3.74. The van der Waals surface area contributed by atoms with Crippen molar-refractivity contribution in [2.24, 2.45) is 40.4 Å². The molecule has 26 heavy (non-hydrogen) atoms. The Morgan fingerprint density at radius 1 is 1.19 bits per heavy atom. The normalized spacial score (nSPS) is 47.8. The molecule has 4 heteroatoms. The summed E-state index contributed by atoms with van der Waals surface area (Å²) in [6.45, 7) is 8.25. The van der Waals surface area contributed by atoms with E-state index >= 15 is 0 Å². The molecule has 142 valence electrons. The molecule has 0 heterocycles. The maximum absolute atomic E-state index is 12.4. The lowest BCUT2D eigenvalue weighted by Gasteiger charge is -2.57. The molecule has 3 fully saturated rings. The third kappa shape index (κ3) is 2.02. The molecule has 0 aromatic rings. The highest BCUT2D eigenvalue weighted by Gasteiger charge is 2.62. The molecule has 0 aromatic carbocycles. The van der Waals surface area contributed by atoms with Crippen molar-refractivity contribution in [3.63, 3.8) is 0 Å². The van der Waals surface area contributed by atoms with Crippen LogP contribution in [0.4, 0.5) is 0 Å². The number of aliphatic hydroxyl groups is 2. The Bertz CT molecular complexity index is 747. The predicted molar refractivity (Wildman–Crippen MR) is 98.5 cm³/mol. The number of carbonyl (C=O) groups excluding carboxylic acids is 2. The fourth-order valence-corrected chi connectivity index (χ4v) is 7.60. The highest BCUT2D eigenvalue weighted by atomic mass is 16.3. The zero-order valence-corrected chi connectivity index (χ0v) is 16.2. The zero-order chi connectivity index (χ0) is 19.0. The molecule has 0 radical (unpaired) electrons. The quantitative estimate of drug-likeness (QED) is 0.723. The van der Waals surface area contributed by atoms with Gasteiger partial charge >= 0.3 is 0 Å². The lowest BCUT2D eigenvalue weighted by atomic mass is 9.47. The maximum atomic E-state index is 12.4.